The van der Waals surface area contributed by atoms with Gasteiger partial charge in [0.2, 0.25) is 0 Å². The van der Waals surface area contributed by atoms with Crippen molar-refractivity contribution in [3.63, 3.8) is 0 Å². The van der Waals surface area contributed by atoms with Crippen LogP contribution in [-0.2, 0) is 26.8 Å². The molecule has 5 aliphatic carbocycles. The number of esters is 2. The van der Waals surface area contributed by atoms with E-state index in [4.69, 9.17) is 9.47 Å². The van der Waals surface area contributed by atoms with Crippen molar-refractivity contribution < 1.29 is 34.1 Å². The molecule has 0 amide bonds. The number of allylic oxidation sites excluding steroid dienone is 2. The van der Waals surface area contributed by atoms with Gasteiger partial charge >= 0.3 is 17.9 Å². The molecule has 0 unspecified atom stereocenters. The number of benzene rings is 1. The van der Waals surface area contributed by atoms with Crippen LogP contribution in [0.25, 0.3) is 10.9 Å². The van der Waals surface area contributed by atoms with Crippen LogP contribution in [0.3, 0.4) is 0 Å². The molecule has 2 saturated carbocycles. The van der Waals surface area contributed by atoms with Gasteiger partial charge < -0.3 is 24.3 Å². The summed E-state index contributed by atoms with van der Waals surface area (Å²) in [6.45, 7) is 13.8. The number of phenols is 1. The minimum absolute atomic E-state index is 0.0165. The number of phenolic OH excluding ortho intramolecular Hbond substituents is 1. The van der Waals surface area contributed by atoms with E-state index in [0.717, 1.165) is 42.3 Å². The van der Waals surface area contributed by atoms with Crippen LogP contribution < -0.4 is 4.74 Å². The Morgan fingerprint density at radius 3 is 2.44 bits per heavy atom. The second kappa shape index (κ2) is 9.60. The number of nitrogens with zero attached hydrogens (tertiary/aromatic N) is 1. The lowest BCUT2D eigenvalue weighted by atomic mass is 9.37. The van der Waals surface area contributed by atoms with Gasteiger partial charge in [-0.15, -0.1) is 0 Å². The molecule has 1 spiro atoms. The fourth-order valence-corrected chi connectivity index (χ4v) is 10.3. The van der Waals surface area contributed by atoms with Gasteiger partial charge in [-0.25, -0.2) is 4.79 Å². The van der Waals surface area contributed by atoms with Crippen molar-refractivity contribution in [1.82, 2.24) is 4.57 Å². The number of hydrogen-bond donors (Lipinski definition) is 2. The number of aromatic hydroxyl groups is 1. The summed E-state index contributed by atoms with van der Waals surface area (Å²) in [7, 11) is 1.92. The third-order valence-electron chi connectivity index (χ3n) is 12.1. The van der Waals surface area contributed by atoms with E-state index in [1.54, 1.807) is 6.92 Å². The maximum absolute atomic E-state index is 13.3. The van der Waals surface area contributed by atoms with E-state index in [0.29, 0.717) is 29.5 Å². The average Bonchev–Trinajstić information content (AvgIpc) is 3.20. The Labute approximate surface area is 253 Å². The molecule has 2 aromatic rings. The number of fused-ring (bicyclic) bond motifs is 2. The molecule has 1 aromatic heterocycles. The summed E-state index contributed by atoms with van der Waals surface area (Å²) in [5.41, 5.74) is 3.33. The fraction of sp³-hybridized carbons (Fsp3) is 0.629. The highest BCUT2D eigenvalue weighted by molar-refractivity contribution is 6.11. The highest BCUT2D eigenvalue weighted by atomic mass is 16.5. The number of ether oxygens (including phenoxy) is 2. The van der Waals surface area contributed by atoms with Crippen LogP contribution in [-0.4, -0.2) is 39.3 Å². The normalized spacial score (nSPS) is 32.6. The largest absolute Gasteiger partial charge is 0.504 e. The summed E-state index contributed by atoms with van der Waals surface area (Å²) in [5.74, 6) is -1.50. The van der Waals surface area contributed by atoms with Crippen molar-refractivity contribution in [2.24, 2.45) is 35.6 Å². The summed E-state index contributed by atoms with van der Waals surface area (Å²) in [6.07, 6.45) is 7.14. The Morgan fingerprint density at radius 2 is 1.84 bits per heavy atom. The number of aromatic nitrogens is 1. The number of hydrogen-bond acceptors (Lipinski definition) is 6. The van der Waals surface area contributed by atoms with Crippen molar-refractivity contribution in [3.8, 4) is 11.5 Å². The smallest absolute Gasteiger partial charge is 0.340 e. The van der Waals surface area contributed by atoms with E-state index >= 15 is 0 Å². The predicted molar refractivity (Wildman–Crippen MR) is 162 cm³/mol. The Balaban J connectivity index is 1.72. The van der Waals surface area contributed by atoms with Gasteiger partial charge in [0.1, 0.15) is 0 Å². The second-order valence-corrected chi connectivity index (χ2v) is 14.4. The first-order valence-corrected chi connectivity index (χ1v) is 15.9. The second-order valence-electron chi connectivity index (χ2n) is 14.4. The van der Waals surface area contributed by atoms with Crippen LogP contribution in [0.1, 0.15) is 113 Å². The van der Waals surface area contributed by atoms with Gasteiger partial charge in [-0.1, -0.05) is 38.8 Å². The lowest BCUT2D eigenvalue weighted by Crippen LogP contribution is -2.61. The molecule has 8 heteroatoms. The topological polar surface area (TPSA) is 115 Å². The van der Waals surface area contributed by atoms with Gasteiger partial charge in [0.15, 0.2) is 11.5 Å². The summed E-state index contributed by atoms with van der Waals surface area (Å²) < 4.78 is 13.4. The Kier molecular flexibility index (Phi) is 6.65. The number of carbonyl (C=O) groups excluding carboxylic acids is 2. The Bertz CT molecular complexity index is 1610. The van der Waals surface area contributed by atoms with Crippen LogP contribution in [0.4, 0.5) is 0 Å². The van der Waals surface area contributed by atoms with E-state index in [2.05, 4.69) is 26.8 Å². The van der Waals surface area contributed by atoms with Crippen LogP contribution in [0.2, 0.25) is 0 Å². The fourth-order valence-electron chi connectivity index (χ4n) is 10.3. The van der Waals surface area contributed by atoms with E-state index in [1.165, 1.54) is 12.5 Å². The molecule has 2 fully saturated rings. The third-order valence-corrected chi connectivity index (χ3v) is 12.1. The zero-order chi connectivity index (χ0) is 31.4. The molecule has 0 saturated heterocycles. The van der Waals surface area contributed by atoms with Crippen LogP contribution in [0, 0.1) is 35.5 Å². The van der Waals surface area contributed by atoms with Gasteiger partial charge in [0.25, 0.3) is 0 Å². The van der Waals surface area contributed by atoms with E-state index in [-0.39, 0.29) is 47.2 Å². The molecular weight excluding hydrogens is 546 g/mol. The highest BCUT2D eigenvalue weighted by Gasteiger charge is 2.67. The molecule has 0 radical (unpaired) electrons. The van der Waals surface area contributed by atoms with Crippen molar-refractivity contribution >= 4 is 28.8 Å². The summed E-state index contributed by atoms with van der Waals surface area (Å²) in [5, 5.41) is 22.9. The third kappa shape index (κ3) is 3.70. The van der Waals surface area contributed by atoms with Crippen molar-refractivity contribution in [2.75, 3.05) is 6.61 Å². The average molecular weight is 592 g/mol. The van der Waals surface area contributed by atoms with Gasteiger partial charge in [-0.05, 0) is 81.6 Å². The first-order chi connectivity index (χ1) is 20.2. The van der Waals surface area contributed by atoms with E-state index in [1.807, 2.05) is 25.5 Å². The minimum atomic E-state index is -0.798. The van der Waals surface area contributed by atoms with Crippen molar-refractivity contribution in [3.05, 3.63) is 34.0 Å². The van der Waals surface area contributed by atoms with Crippen LogP contribution in [0.15, 0.2) is 11.6 Å². The standard InChI is InChI=1S/C35H45NO7/c1-9-42-31(39)24-18(4)36(8)28-25-20-15-23-33(6)12-10-13-34(7,32(40)41)22(33)11-14-35(23,16-21(20)17(2)3)27(25)30(43-19(5)37)29(38)26(24)28/h16-17,20,22-23,38H,9-15H2,1-8H3,(H,40,41)/t20-,22+,23+,33-,34+,35-/m0/s1. The number of rotatable bonds is 5. The van der Waals surface area contributed by atoms with Gasteiger partial charge in [0, 0.05) is 36.6 Å². The molecule has 2 N–H and O–H groups in total. The molecule has 43 heavy (non-hydrogen) atoms. The number of carboxylic acids is 1. The zero-order valence-electron chi connectivity index (χ0n) is 26.7. The summed E-state index contributed by atoms with van der Waals surface area (Å²) >= 11 is 0. The minimum Gasteiger partial charge on any atom is -0.504 e. The number of carboxylic acid groups (broad SMARTS) is 1. The maximum atomic E-state index is 13.3. The Morgan fingerprint density at radius 1 is 1.14 bits per heavy atom. The molecule has 8 nitrogen and oxygen atoms in total. The van der Waals surface area contributed by atoms with Crippen molar-refractivity contribution in [2.45, 2.75) is 98.3 Å². The highest BCUT2D eigenvalue weighted by Crippen LogP contribution is 2.74. The monoisotopic (exact) mass is 591 g/mol. The summed E-state index contributed by atoms with van der Waals surface area (Å²) in [4.78, 5) is 38.7. The maximum Gasteiger partial charge on any atom is 0.340 e. The Hall–Kier alpha value is -3.29. The molecule has 2 bridgehead atoms. The van der Waals surface area contributed by atoms with Gasteiger partial charge in [-0.2, -0.15) is 0 Å². The van der Waals surface area contributed by atoms with Crippen LogP contribution in [0.5, 0.6) is 11.5 Å². The molecule has 0 aliphatic heterocycles. The quantitative estimate of drug-likeness (QED) is 0.220. The molecule has 6 atom stereocenters. The molecule has 5 aliphatic rings. The summed E-state index contributed by atoms with van der Waals surface area (Å²) in [6, 6.07) is 0. The molecule has 232 valence electrons. The van der Waals surface area contributed by atoms with Crippen molar-refractivity contribution in [1.29, 1.82) is 0 Å². The molecule has 1 heterocycles. The van der Waals surface area contributed by atoms with Crippen LogP contribution >= 0.6 is 0 Å². The lowest BCUT2D eigenvalue weighted by Gasteiger charge is -2.66. The number of aryl methyl sites for hydroxylation is 1. The zero-order valence-corrected chi connectivity index (χ0v) is 26.7. The SMILES string of the molecule is CCOC(=O)c1c(C)n(C)c2c3c(c(OC(C)=O)c(O)c12)[C@@]12C=C(C(C)C)[C@@H]3C[C@@H]1[C@@]1(C)CCC[C@@](C)(C(=O)O)[C@@H]1CC2. The first kappa shape index (κ1) is 29.8. The predicted octanol–water partition coefficient (Wildman–Crippen LogP) is 6.92. The molecule has 7 rings (SSSR count). The number of aliphatic carboxylic acids is 1. The van der Waals surface area contributed by atoms with Gasteiger partial charge in [0.05, 0.1) is 28.5 Å². The lowest BCUT2D eigenvalue weighted by molar-refractivity contribution is -0.171. The van der Waals surface area contributed by atoms with Gasteiger partial charge in [-0.3, -0.25) is 9.59 Å². The van der Waals surface area contributed by atoms with E-state index in [9.17, 15) is 24.6 Å². The molecular formula is C35H45NO7. The van der Waals surface area contributed by atoms with E-state index < -0.39 is 28.7 Å². The first-order valence-electron chi connectivity index (χ1n) is 15.9. The molecule has 1 aromatic carbocycles. The number of carbonyl (C=O) groups is 3.